The molecule has 0 aromatic carbocycles. The van der Waals surface area contributed by atoms with Gasteiger partial charge < -0.3 is 5.32 Å². The predicted octanol–water partition coefficient (Wildman–Crippen LogP) is 1.57. The van der Waals surface area contributed by atoms with Gasteiger partial charge in [-0.3, -0.25) is 4.90 Å². The van der Waals surface area contributed by atoms with Gasteiger partial charge in [-0.25, -0.2) is 8.78 Å². The topological polar surface area (TPSA) is 15.3 Å². The first kappa shape index (κ1) is 11.9. The van der Waals surface area contributed by atoms with E-state index in [0.29, 0.717) is 6.04 Å². The molecule has 0 aromatic heterocycles. The summed E-state index contributed by atoms with van der Waals surface area (Å²) in [5.41, 5.74) is 0. The number of halogens is 2. The molecule has 0 saturated carbocycles. The van der Waals surface area contributed by atoms with E-state index >= 15 is 0 Å². The predicted molar refractivity (Wildman–Crippen MR) is 53.7 cm³/mol. The zero-order valence-corrected chi connectivity index (χ0v) is 8.97. The molecule has 1 aliphatic heterocycles. The Morgan fingerprint density at radius 2 is 2.21 bits per heavy atom. The zero-order chi connectivity index (χ0) is 10.6. The molecule has 1 fully saturated rings. The number of likely N-dealkylation sites (N-methyl/N-ethyl adjacent to an activating group) is 1. The van der Waals surface area contributed by atoms with Crippen LogP contribution in [0.1, 0.15) is 19.8 Å². The molecule has 14 heavy (non-hydrogen) atoms. The molecular formula is C10H20F2N2. The van der Waals surface area contributed by atoms with Crippen LogP contribution in [0.15, 0.2) is 0 Å². The molecular weight excluding hydrogens is 186 g/mol. The lowest BCUT2D eigenvalue weighted by atomic mass is 9.94. The van der Waals surface area contributed by atoms with Crippen LogP contribution in [0, 0.1) is 5.92 Å². The average Bonchev–Trinajstić information content (AvgIpc) is 2.01. The summed E-state index contributed by atoms with van der Waals surface area (Å²) in [6.45, 7) is 3.86. The second-order valence-electron chi connectivity index (χ2n) is 4.39. The minimum atomic E-state index is -2.22. The van der Waals surface area contributed by atoms with Crippen molar-refractivity contribution in [1.82, 2.24) is 10.2 Å². The van der Waals surface area contributed by atoms with Gasteiger partial charge in [0.15, 0.2) is 0 Å². The number of hydrogen-bond donors (Lipinski definition) is 1. The van der Waals surface area contributed by atoms with E-state index in [1.54, 1.807) is 11.9 Å². The van der Waals surface area contributed by atoms with Gasteiger partial charge in [0.2, 0.25) is 0 Å². The number of nitrogens with one attached hydrogen (secondary N) is 1. The van der Waals surface area contributed by atoms with E-state index in [2.05, 4.69) is 12.2 Å². The van der Waals surface area contributed by atoms with Gasteiger partial charge in [-0.2, -0.15) is 0 Å². The van der Waals surface area contributed by atoms with E-state index in [-0.39, 0.29) is 6.54 Å². The largest absolute Gasteiger partial charge is 0.313 e. The fourth-order valence-corrected chi connectivity index (χ4v) is 2.05. The Bertz CT molecular complexity index is 164. The second-order valence-corrected chi connectivity index (χ2v) is 4.39. The minimum Gasteiger partial charge on any atom is -0.313 e. The van der Waals surface area contributed by atoms with Gasteiger partial charge >= 0.3 is 0 Å². The Hall–Kier alpha value is -0.220. The van der Waals surface area contributed by atoms with Gasteiger partial charge in [0.05, 0.1) is 6.54 Å². The molecule has 0 spiro atoms. The summed E-state index contributed by atoms with van der Waals surface area (Å²) in [6.07, 6.45) is 0.0869. The molecule has 0 aromatic rings. The van der Waals surface area contributed by atoms with Crippen LogP contribution in [0.2, 0.25) is 0 Å². The first-order valence-corrected chi connectivity index (χ1v) is 5.28. The monoisotopic (exact) mass is 206 g/mol. The summed E-state index contributed by atoms with van der Waals surface area (Å²) in [4.78, 5) is 1.71. The summed E-state index contributed by atoms with van der Waals surface area (Å²) in [5, 5.41) is 3.37. The summed E-state index contributed by atoms with van der Waals surface area (Å²) in [6, 6.07) is 0.391. The Labute approximate surface area is 84.7 Å². The maximum atomic E-state index is 12.1. The van der Waals surface area contributed by atoms with E-state index in [1.807, 2.05) is 0 Å². The van der Waals surface area contributed by atoms with E-state index < -0.39 is 6.43 Å². The van der Waals surface area contributed by atoms with Crippen molar-refractivity contribution in [3.05, 3.63) is 0 Å². The van der Waals surface area contributed by atoms with Gasteiger partial charge in [-0.15, -0.1) is 0 Å². The number of nitrogens with zero attached hydrogens (tertiary/aromatic N) is 1. The molecule has 0 radical (unpaired) electrons. The lowest BCUT2D eigenvalue weighted by molar-refractivity contribution is 0.0924. The highest BCUT2D eigenvalue weighted by Crippen LogP contribution is 2.15. The Kier molecular flexibility index (Phi) is 4.75. The van der Waals surface area contributed by atoms with Crippen LogP contribution in [-0.2, 0) is 0 Å². The number of alkyl halides is 2. The molecule has 2 atom stereocenters. The van der Waals surface area contributed by atoms with Crippen molar-refractivity contribution in [2.45, 2.75) is 32.2 Å². The highest BCUT2D eigenvalue weighted by Gasteiger charge is 2.20. The van der Waals surface area contributed by atoms with Crippen LogP contribution in [0.25, 0.3) is 0 Å². The molecule has 1 saturated heterocycles. The van der Waals surface area contributed by atoms with Gasteiger partial charge in [0, 0.05) is 12.6 Å². The first-order valence-electron chi connectivity index (χ1n) is 5.28. The third kappa shape index (κ3) is 4.33. The normalized spacial score (nSPS) is 28.7. The van der Waals surface area contributed by atoms with E-state index in [0.717, 1.165) is 25.4 Å². The smallest absolute Gasteiger partial charge is 0.251 e. The zero-order valence-electron chi connectivity index (χ0n) is 8.97. The van der Waals surface area contributed by atoms with Crippen LogP contribution in [0.5, 0.6) is 0 Å². The van der Waals surface area contributed by atoms with Crippen molar-refractivity contribution >= 4 is 0 Å². The summed E-state index contributed by atoms with van der Waals surface area (Å²) in [7, 11) is 1.76. The molecule has 2 nitrogen and oxygen atoms in total. The third-order valence-corrected chi connectivity index (χ3v) is 2.74. The van der Waals surface area contributed by atoms with Crippen molar-refractivity contribution in [2.24, 2.45) is 5.92 Å². The number of hydrogen-bond acceptors (Lipinski definition) is 2. The van der Waals surface area contributed by atoms with Crippen molar-refractivity contribution in [3.63, 3.8) is 0 Å². The average molecular weight is 206 g/mol. The molecule has 0 amide bonds. The van der Waals surface area contributed by atoms with Crippen molar-refractivity contribution in [2.75, 3.05) is 26.7 Å². The maximum absolute atomic E-state index is 12.1. The fraction of sp³-hybridized carbons (Fsp3) is 1.00. The maximum Gasteiger partial charge on any atom is 0.251 e. The van der Waals surface area contributed by atoms with Gasteiger partial charge in [-0.05, 0) is 32.4 Å². The third-order valence-electron chi connectivity index (χ3n) is 2.74. The van der Waals surface area contributed by atoms with E-state index in [1.165, 1.54) is 6.42 Å². The summed E-state index contributed by atoms with van der Waals surface area (Å²) in [5.74, 6) is 0.723. The summed E-state index contributed by atoms with van der Waals surface area (Å²) >= 11 is 0. The lowest BCUT2D eigenvalue weighted by Crippen LogP contribution is -2.45. The van der Waals surface area contributed by atoms with E-state index in [9.17, 15) is 8.78 Å². The molecule has 1 N–H and O–H groups in total. The van der Waals surface area contributed by atoms with Crippen molar-refractivity contribution in [3.8, 4) is 0 Å². The van der Waals surface area contributed by atoms with Crippen LogP contribution >= 0.6 is 0 Å². The molecule has 1 aliphatic rings. The quantitative estimate of drug-likeness (QED) is 0.751. The molecule has 4 heteroatoms. The molecule has 1 heterocycles. The lowest BCUT2D eigenvalue weighted by Gasteiger charge is -2.31. The number of piperidine rings is 1. The Balaban J connectivity index is 2.21. The van der Waals surface area contributed by atoms with Crippen LogP contribution < -0.4 is 5.32 Å². The molecule has 0 aliphatic carbocycles. The van der Waals surface area contributed by atoms with Crippen LogP contribution in [0.3, 0.4) is 0 Å². The molecule has 1 rings (SSSR count). The summed E-state index contributed by atoms with van der Waals surface area (Å²) < 4.78 is 24.1. The fourth-order valence-electron chi connectivity index (χ4n) is 2.05. The molecule has 84 valence electrons. The second kappa shape index (κ2) is 5.61. The SMILES string of the molecule is CC1CCNC(CN(C)CC(F)F)C1. The minimum absolute atomic E-state index is 0.118. The Morgan fingerprint density at radius 1 is 1.50 bits per heavy atom. The Morgan fingerprint density at radius 3 is 2.79 bits per heavy atom. The van der Waals surface area contributed by atoms with Gasteiger partial charge in [-0.1, -0.05) is 6.92 Å². The van der Waals surface area contributed by atoms with Crippen molar-refractivity contribution < 1.29 is 8.78 Å². The van der Waals surface area contributed by atoms with Crippen molar-refractivity contribution in [1.29, 1.82) is 0 Å². The number of rotatable bonds is 4. The highest BCUT2D eigenvalue weighted by molar-refractivity contribution is 4.78. The molecule has 0 bridgehead atoms. The standard InChI is InChI=1S/C10H20F2N2/c1-8-3-4-13-9(5-8)6-14(2)7-10(11)12/h8-10,13H,3-7H2,1-2H3. The van der Waals surface area contributed by atoms with Crippen LogP contribution in [0.4, 0.5) is 8.78 Å². The highest BCUT2D eigenvalue weighted by atomic mass is 19.3. The van der Waals surface area contributed by atoms with Gasteiger partial charge in [0.25, 0.3) is 6.43 Å². The van der Waals surface area contributed by atoms with Gasteiger partial charge in [0.1, 0.15) is 0 Å². The molecule has 2 unspecified atom stereocenters. The van der Waals surface area contributed by atoms with Crippen LogP contribution in [-0.4, -0.2) is 44.0 Å². The van der Waals surface area contributed by atoms with E-state index in [4.69, 9.17) is 0 Å². The first-order chi connectivity index (χ1) is 6.58.